The van der Waals surface area contributed by atoms with Gasteiger partial charge in [0.2, 0.25) is 0 Å². The summed E-state index contributed by atoms with van der Waals surface area (Å²) in [5.74, 6) is 1.66. The van der Waals surface area contributed by atoms with E-state index in [2.05, 4.69) is 35.0 Å². The summed E-state index contributed by atoms with van der Waals surface area (Å²) in [6, 6.07) is 8.37. The number of para-hydroxylation sites is 1. The lowest BCUT2D eigenvalue weighted by Gasteiger charge is -2.30. The van der Waals surface area contributed by atoms with Gasteiger partial charge < -0.3 is 14.4 Å². The van der Waals surface area contributed by atoms with Gasteiger partial charge in [0.05, 0.1) is 13.7 Å². The molecule has 22 heavy (non-hydrogen) atoms. The minimum Gasteiger partial charge on any atom is -0.496 e. The van der Waals surface area contributed by atoms with Crippen molar-refractivity contribution in [2.45, 2.75) is 13.0 Å². The minimum atomic E-state index is 0.409. The van der Waals surface area contributed by atoms with E-state index in [1.54, 1.807) is 7.11 Å². The van der Waals surface area contributed by atoms with Gasteiger partial charge in [-0.2, -0.15) is 0 Å². The summed E-state index contributed by atoms with van der Waals surface area (Å²) in [6.07, 6.45) is 1.28. The Morgan fingerprint density at radius 3 is 2.82 bits per heavy atom. The molecule has 0 saturated carbocycles. The highest BCUT2D eigenvalue weighted by atomic mass is 16.5. The normalized spacial score (nSPS) is 29.5. The van der Waals surface area contributed by atoms with Crippen molar-refractivity contribution < 1.29 is 9.47 Å². The quantitative estimate of drug-likeness (QED) is 0.832. The molecule has 1 spiro atoms. The van der Waals surface area contributed by atoms with Gasteiger partial charge in [-0.3, -0.25) is 4.90 Å². The van der Waals surface area contributed by atoms with Crippen LogP contribution in [0.5, 0.6) is 5.75 Å². The van der Waals surface area contributed by atoms with Gasteiger partial charge in [-0.25, -0.2) is 0 Å². The van der Waals surface area contributed by atoms with E-state index in [1.165, 1.54) is 31.6 Å². The zero-order valence-corrected chi connectivity index (χ0v) is 14.0. The summed E-state index contributed by atoms with van der Waals surface area (Å²) >= 11 is 0. The first-order valence-corrected chi connectivity index (χ1v) is 8.18. The summed E-state index contributed by atoms with van der Waals surface area (Å²) in [5.41, 5.74) is 1.70. The lowest BCUT2D eigenvalue weighted by atomic mass is 9.77. The molecule has 0 N–H and O–H groups in total. The first kappa shape index (κ1) is 15.8. The number of methoxy groups -OCH3 is 2. The van der Waals surface area contributed by atoms with Crippen LogP contribution >= 0.6 is 0 Å². The summed E-state index contributed by atoms with van der Waals surface area (Å²) in [7, 11) is 5.82. The SMILES string of the molecule is COC[C@H]1CN(C)C[C@@]12CCN(Cc1ccccc1OC)C2. The van der Waals surface area contributed by atoms with Crippen LogP contribution in [0.25, 0.3) is 0 Å². The van der Waals surface area contributed by atoms with Crippen LogP contribution in [-0.2, 0) is 11.3 Å². The average Bonchev–Trinajstić information content (AvgIpc) is 3.04. The summed E-state index contributed by atoms with van der Waals surface area (Å²) in [5, 5.41) is 0. The predicted molar refractivity (Wildman–Crippen MR) is 88.2 cm³/mol. The monoisotopic (exact) mass is 304 g/mol. The van der Waals surface area contributed by atoms with Gasteiger partial charge in [-0.05, 0) is 26.1 Å². The van der Waals surface area contributed by atoms with Crippen molar-refractivity contribution in [1.29, 1.82) is 0 Å². The lowest BCUT2D eigenvalue weighted by Crippen LogP contribution is -2.36. The van der Waals surface area contributed by atoms with Crippen LogP contribution < -0.4 is 4.74 Å². The zero-order valence-electron chi connectivity index (χ0n) is 14.0. The van der Waals surface area contributed by atoms with Crippen molar-refractivity contribution in [3.63, 3.8) is 0 Å². The third-order valence-corrected chi connectivity index (χ3v) is 5.40. The zero-order chi connectivity index (χ0) is 15.6. The molecule has 2 fully saturated rings. The molecule has 0 radical (unpaired) electrons. The molecular weight excluding hydrogens is 276 g/mol. The fraction of sp³-hybridized carbons (Fsp3) is 0.667. The highest BCUT2D eigenvalue weighted by Crippen LogP contribution is 2.44. The van der Waals surface area contributed by atoms with Crippen LogP contribution in [0.15, 0.2) is 24.3 Å². The third-order valence-electron chi connectivity index (χ3n) is 5.40. The molecular formula is C18H28N2O2. The molecule has 122 valence electrons. The summed E-state index contributed by atoms with van der Waals surface area (Å²) in [6.45, 7) is 6.57. The van der Waals surface area contributed by atoms with Crippen molar-refractivity contribution in [2.75, 3.05) is 54.1 Å². The standard InChI is InChI=1S/C18H28N2O2/c1-19-11-16(12-21-2)18(13-19)8-9-20(14-18)10-15-6-4-5-7-17(15)22-3/h4-7,16H,8-14H2,1-3H3/t16-,18-/m1/s1. The van der Waals surface area contributed by atoms with E-state index in [1.807, 2.05) is 13.2 Å². The van der Waals surface area contributed by atoms with Gasteiger partial charge in [-0.1, -0.05) is 18.2 Å². The Morgan fingerprint density at radius 1 is 1.23 bits per heavy atom. The Morgan fingerprint density at radius 2 is 2.05 bits per heavy atom. The van der Waals surface area contributed by atoms with E-state index < -0.39 is 0 Å². The number of nitrogens with zero attached hydrogens (tertiary/aromatic N) is 2. The summed E-state index contributed by atoms with van der Waals surface area (Å²) < 4.78 is 11.0. The molecule has 0 unspecified atom stereocenters. The van der Waals surface area contributed by atoms with E-state index in [-0.39, 0.29) is 0 Å². The molecule has 4 heteroatoms. The van der Waals surface area contributed by atoms with Crippen LogP contribution in [-0.4, -0.2) is 63.9 Å². The first-order valence-electron chi connectivity index (χ1n) is 8.18. The van der Waals surface area contributed by atoms with Crippen molar-refractivity contribution in [3.8, 4) is 5.75 Å². The molecule has 0 aliphatic carbocycles. The maximum absolute atomic E-state index is 5.49. The van der Waals surface area contributed by atoms with Gasteiger partial charge in [0, 0.05) is 50.2 Å². The fourth-order valence-electron chi connectivity index (χ4n) is 4.39. The number of hydrogen-bond donors (Lipinski definition) is 0. The van der Waals surface area contributed by atoms with Gasteiger partial charge in [0.1, 0.15) is 5.75 Å². The van der Waals surface area contributed by atoms with Crippen molar-refractivity contribution in [2.24, 2.45) is 11.3 Å². The maximum Gasteiger partial charge on any atom is 0.123 e. The molecule has 4 nitrogen and oxygen atoms in total. The van der Waals surface area contributed by atoms with E-state index in [9.17, 15) is 0 Å². The second-order valence-electron chi connectivity index (χ2n) is 6.98. The largest absolute Gasteiger partial charge is 0.496 e. The second kappa shape index (κ2) is 6.57. The topological polar surface area (TPSA) is 24.9 Å². The van der Waals surface area contributed by atoms with Gasteiger partial charge in [-0.15, -0.1) is 0 Å². The molecule has 1 aromatic carbocycles. The fourth-order valence-corrected chi connectivity index (χ4v) is 4.39. The van der Waals surface area contributed by atoms with Gasteiger partial charge >= 0.3 is 0 Å². The third kappa shape index (κ3) is 3.00. The minimum absolute atomic E-state index is 0.409. The first-order chi connectivity index (χ1) is 10.7. The van der Waals surface area contributed by atoms with Crippen LogP contribution in [0.3, 0.4) is 0 Å². The Hall–Kier alpha value is -1.10. The Labute approximate surface area is 134 Å². The highest BCUT2D eigenvalue weighted by Gasteiger charge is 2.49. The van der Waals surface area contributed by atoms with Crippen molar-refractivity contribution in [1.82, 2.24) is 9.80 Å². The molecule has 2 atom stereocenters. The predicted octanol–water partition coefficient (Wildman–Crippen LogP) is 2.10. The van der Waals surface area contributed by atoms with Crippen LogP contribution in [0, 0.1) is 11.3 Å². The van der Waals surface area contributed by atoms with Gasteiger partial charge in [0.15, 0.2) is 0 Å². The average molecular weight is 304 g/mol. The maximum atomic E-state index is 5.49. The number of rotatable bonds is 5. The number of hydrogen-bond acceptors (Lipinski definition) is 4. The molecule has 3 rings (SSSR count). The molecule has 2 saturated heterocycles. The Bertz CT molecular complexity index is 508. The van der Waals surface area contributed by atoms with Gasteiger partial charge in [0.25, 0.3) is 0 Å². The number of likely N-dealkylation sites (tertiary alicyclic amines) is 2. The molecule has 2 aliphatic rings. The highest BCUT2D eigenvalue weighted by molar-refractivity contribution is 5.33. The Kier molecular flexibility index (Phi) is 4.71. The van der Waals surface area contributed by atoms with Crippen molar-refractivity contribution >= 4 is 0 Å². The van der Waals surface area contributed by atoms with Crippen LogP contribution in [0.2, 0.25) is 0 Å². The Balaban J connectivity index is 1.69. The van der Waals surface area contributed by atoms with E-state index in [0.717, 1.165) is 25.4 Å². The number of benzene rings is 1. The van der Waals surface area contributed by atoms with E-state index in [0.29, 0.717) is 11.3 Å². The molecule has 1 aromatic rings. The molecule has 2 aliphatic heterocycles. The second-order valence-corrected chi connectivity index (χ2v) is 6.98. The van der Waals surface area contributed by atoms with Crippen molar-refractivity contribution in [3.05, 3.63) is 29.8 Å². The molecule has 0 amide bonds. The lowest BCUT2D eigenvalue weighted by molar-refractivity contribution is 0.0958. The molecule has 0 bridgehead atoms. The number of ether oxygens (including phenoxy) is 2. The van der Waals surface area contributed by atoms with E-state index >= 15 is 0 Å². The molecule has 0 aromatic heterocycles. The van der Waals surface area contributed by atoms with Crippen LogP contribution in [0.1, 0.15) is 12.0 Å². The smallest absolute Gasteiger partial charge is 0.123 e. The van der Waals surface area contributed by atoms with E-state index in [4.69, 9.17) is 9.47 Å². The summed E-state index contributed by atoms with van der Waals surface area (Å²) in [4.78, 5) is 5.05. The van der Waals surface area contributed by atoms with Crippen LogP contribution in [0.4, 0.5) is 0 Å². The molecule has 2 heterocycles.